The smallest absolute Gasteiger partial charge is 0.231 e. The average molecular weight is 435 g/mol. The van der Waals surface area contributed by atoms with Gasteiger partial charge in [-0.2, -0.15) is 0 Å². The fourth-order valence-corrected chi connectivity index (χ4v) is 4.95. The second-order valence-electron chi connectivity index (χ2n) is 8.74. The zero-order chi connectivity index (χ0) is 21.5. The molecule has 5 rings (SSSR count). The van der Waals surface area contributed by atoms with Crippen molar-refractivity contribution in [1.29, 1.82) is 0 Å². The largest absolute Gasteiger partial charge is 0.342 e. The number of halogens is 1. The molecule has 2 aliphatic heterocycles. The van der Waals surface area contributed by atoms with Gasteiger partial charge in [0.1, 0.15) is 5.82 Å². The number of hydrogen-bond acceptors (Lipinski definition) is 3. The Morgan fingerprint density at radius 3 is 2.58 bits per heavy atom. The van der Waals surface area contributed by atoms with Crippen molar-refractivity contribution in [3.05, 3.63) is 70.0 Å². The Kier molecular flexibility index (Phi) is 5.32. The van der Waals surface area contributed by atoms with Crippen molar-refractivity contribution in [3.63, 3.8) is 0 Å². The van der Waals surface area contributed by atoms with Crippen LogP contribution in [0.5, 0.6) is 0 Å². The number of carbonyl (C=O) groups excluding carboxylic acids is 1. The van der Waals surface area contributed by atoms with Gasteiger partial charge in [0.25, 0.3) is 0 Å². The van der Waals surface area contributed by atoms with E-state index in [4.69, 9.17) is 16.6 Å². The maximum Gasteiger partial charge on any atom is 0.231 e. The number of rotatable bonds is 4. The lowest BCUT2D eigenvalue weighted by molar-refractivity contribution is -0.118. The third-order valence-electron chi connectivity index (χ3n) is 6.52. The van der Waals surface area contributed by atoms with E-state index in [9.17, 15) is 4.79 Å². The Balaban J connectivity index is 1.24. The first-order valence-electron chi connectivity index (χ1n) is 10.9. The third-order valence-corrected chi connectivity index (χ3v) is 6.75. The van der Waals surface area contributed by atoms with Crippen molar-refractivity contribution in [1.82, 2.24) is 14.9 Å². The Labute approximate surface area is 188 Å². The second-order valence-corrected chi connectivity index (χ2v) is 9.18. The molecule has 1 N–H and O–H groups in total. The number of amides is 1. The highest BCUT2D eigenvalue weighted by Crippen LogP contribution is 2.35. The maximum absolute atomic E-state index is 12.7. The molecule has 0 aliphatic carbocycles. The van der Waals surface area contributed by atoms with E-state index in [2.05, 4.69) is 48.0 Å². The zero-order valence-electron chi connectivity index (χ0n) is 18.0. The standard InChI is InChI=1S/C25H27ClN4O/c1-16-3-5-18(6-4-16)25-27-17(2)22(28-25)15-29-11-9-21(10-12-29)30-23-8-7-20(26)13-19(23)14-24(30)31/h3-8,13,21H,9-12,14-15H2,1-2H3,(H,27,28). The molecular formula is C25H27ClN4O. The fourth-order valence-electron chi connectivity index (χ4n) is 4.76. The van der Waals surface area contributed by atoms with Gasteiger partial charge in [-0.1, -0.05) is 41.4 Å². The van der Waals surface area contributed by atoms with Crippen molar-refractivity contribution in [2.45, 2.75) is 45.7 Å². The van der Waals surface area contributed by atoms with Gasteiger partial charge < -0.3 is 9.88 Å². The highest BCUT2D eigenvalue weighted by molar-refractivity contribution is 6.30. The average Bonchev–Trinajstić information content (AvgIpc) is 3.27. The number of piperidine rings is 1. The lowest BCUT2D eigenvalue weighted by Gasteiger charge is -2.36. The predicted octanol–water partition coefficient (Wildman–Crippen LogP) is 4.90. The molecule has 1 fully saturated rings. The van der Waals surface area contributed by atoms with Crippen molar-refractivity contribution in [2.24, 2.45) is 0 Å². The number of hydrogen-bond donors (Lipinski definition) is 1. The minimum atomic E-state index is 0.196. The van der Waals surface area contributed by atoms with Crippen LogP contribution in [0.3, 0.4) is 0 Å². The molecule has 6 heteroatoms. The quantitative estimate of drug-likeness (QED) is 0.635. The lowest BCUT2D eigenvalue weighted by Crippen LogP contribution is -2.46. The molecule has 2 aliphatic rings. The number of fused-ring (bicyclic) bond motifs is 1. The molecule has 160 valence electrons. The summed E-state index contributed by atoms with van der Waals surface area (Å²) in [6, 6.07) is 14.5. The van der Waals surface area contributed by atoms with Crippen LogP contribution in [-0.2, 0) is 17.8 Å². The number of benzene rings is 2. The van der Waals surface area contributed by atoms with E-state index < -0.39 is 0 Å². The molecule has 0 spiro atoms. The van der Waals surface area contributed by atoms with Crippen molar-refractivity contribution in [2.75, 3.05) is 18.0 Å². The van der Waals surface area contributed by atoms with Crippen LogP contribution in [0.4, 0.5) is 5.69 Å². The van der Waals surface area contributed by atoms with E-state index in [1.165, 1.54) is 5.56 Å². The summed E-state index contributed by atoms with van der Waals surface area (Å²) in [5, 5.41) is 0.697. The van der Waals surface area contributed by atoms with Crippen molar-refractivity contribution < 1.29 is 4.79 Å². The number of nitrogens with one attached hydrogen (secondary N) is 1. The summed E-state index contributed by atoms with van der Waals surface area (Å²) in [5.41, 5.74) is 6.68. The van der Waals surface area contributed by atoms with E-state index in [0.717, 1.165) is 66.5 Å². The lowest BCUT2D eigenvalue weighted by atomic mass is 10.0. The van der Waals surface area contributed by atoms with E-state index >= 15 is 0 Å². The van der Waals surface area contributed by atoms with Gasteiger partial charge >= 0.3 is 0 Å². The number of anilines is 1. The molecule has 5 nitrogen and oxygen atoms in total. The van der Waals surface area contributed by atoms with Crippen molar-refractivity contribution in [3.8, 4) is 11.4 Å². The monoisotopic (exact) mass is 434 g/mol. The first kappa shape index (κ1) is 20.3. The maximum atomic E-state index is 12.7. The number of carbonyl (C=O) groups is 1. The summed E-state index contributed by atoms with van der Waals surface area (Å²) in [6.07, 6.45) is 2.41. The molecule has 0 saturated carbocycles. The highest BCUT2D eigenvalue weighted by Gasteiger charge is 2.35. The van der Waals surface area contributed by atoms with Crippen LogP contribution in [0.15, 0.2) is 42.5 Å². The van der Waals surface area contributed by atoms with E-state index in [1.54, 1.807) is 0 Å². The molecule has 0 atom stereocenters. The predicted molar refractivity (Wildman–Crippen MR) is 124 cm³/mol. The molecule has 0 bridgehead atoms. The first-order chi connectivity index (χ1) is 15.0. The minimum absolute atomic E-state index is 0.196. The SMILES string of the molecule is Cc1ccc(-c2nc(CN3CCC(N4C(=O)Cc5cc(Cl)ccc54)CC3)c(C)[nH]2)cc1. The van der Waals surface area contributed by atoms with Gasteiger partial charge in [-0.25, -0.2) is 4.98 Å². The highest BCUT2D eigenvalue weighted by atomic mass is 35.5. The fraction of sp³-hybridized carbons (Fsp3) is 0.360. The van der Waals surface area contributed by atoms with Crippen molar-refractivity contribution >= 4 is 23.2 Å². The topological polar surface area (TPSA) is 52.2 Å². The normalized spacial score (nSPS) is 17.4. The van der Waals surface area contributed by atoms with Crippen LogP contribution in [0.2, 0.25) is 5.02 Å². The number of imidazole rings is 1. The van der Waals surface area contributed by atoms with Crippen LogP contribution < -0.4 is 4.90 Å². The van der Waals surface area contributed by atoms with E-state index in [1.807, 2.05) is 23.1 Å². The van der Waals surface area contributed by atoms with Gasteiger partial charge in [-0.3, -0.25) is 9.69 Å². The van der Waals surface area contributed by atoms with E-state index in [-0.39, 0.29) is 11.9 Å². The van der Waals surface area contributed by atoms with Gasteiger partial charge in [0.15, 0.2) is 0 Å². The zero-order valence-corrected chi connectivity index (χ0v) is 18.7. The Morgan fingerprint density at radius 2 is 1.84 bits per heavy atom. The number of aromatic amines is 1. The summed E-state index contributed by atoms with van der Waals surface area (Å²) in [5.74, 6) is 1.13. The molecule has 0 radical (unpaired) electrons. The van der Waals surface area contributed by atoms with Crippen LogP contribution in [-0.4, -0.2) is 39.9 Å². The molecule has 0 unspecified atom stereocenters. The summed E-state index contributed by atoms with van der Waals surface area (Å²) in [4.78, 5) is 25.5. The number of aromatic nitrogens is 2. The molecule has 1 aromatic heterocycles. The van der Waals surface area contributed by atoms with Gasteiger partial charge in [0.2, 0.25) is 5.91 Å². The van der Waals surface area contributed by atoms with Crippen LogP contribution in [0.25, 0.3) is 11.4 Å². The summed E-state index contributed by atoms with van der Waals surface area (Å²) < 4.78 is 0. The Hall–Kier alpha value is -2.63. The number of H-pyrrole nitrogens is 1. The number of nitrogens with zero attached hydrogens (tertiary/aromatic N) is 3. The summed E-state index contributed by atoms with van der Waals surface area (Å²) in [7, 11) is 0. The molecule has 2 aromatic carbocycles. The van der Waals surface area contributed by atoms with E-state index in [0.29, 0.717) is 11.4 Å². The third kappa shape index (κ3) is 4.00. The number of likely N-dealkylation sites (tertiary alicyclic amines) is 1. The molecule has 3 aromatic rings. The van der Waals surface area contributed by atoms with Gasteiger partial charge in [0.05, 0.1) is 12.1 Å². The van der Waals surface area contributed by atoms with Crippen LogP contribution in [0, 0.1) is 13.8 Å². The van der Waals surface area contributed by atoms with Gasteiger partial charge in [-0.05, 0) is 50.5 Å². The van der Waals surface area contributed by atoms with Gasteiger partial charge in [0, 0.05) is 47.6 Å². The molecule has 31 heavy (non-hydrogen) atoms. The Bertz CT molecular complexity index is 1110. The first-order valence-corrected chi connectivity index (χ1v) is 11.3. The Morgan fingerprint density at radius 1 is 1.10 bits per heavy atom. The van der Waals surface area contributed by atoms with Crippen LogP contribution >= 0.6 is 11.6 Å². The molecular weight excluding hydrogens is 408 g/mol. The summed E-state index contributed by atoms with van der Waals surface area (Å²) in [6.45, 7) is 6.95. The second kappa shape index (κ2) is 8.13. The van der Waals surface area contributed by atoms with Gasteiger partial charge in [-0.15, -0.1) is 0 Å². The molecule has 3 heterocycles. The molecule has 1 saturated heterocycles. The number of aryl methyl sites for hydroxylation is 2. The molecule has 1 amide bonds. The summed E-state index contributed by atoms with van der Waals surface area (Å²) >= 11 is 6.12. The minimum Gasteiger partial charge on any atom is -0.342 e. The van der Waals surface area contributed by atoms with Crippen LogP contribution in [0.1, 0.15) is 35.4 Å².